The summed E-state index contributed by atoms with van der Waals surface area (Å²) < 4.78 is 4.89. The van der Waals surface area contributed by atoms with E-state index in [-0.39, 0.29) is 23.3 Å². The first-order valence-corrected chi connectivity index (χ1v) is 9.39. The number of aromatic hydroxyl groups is 4. The van der Waals surface area contributed by atoms with Crippen LogP contribution in [0.1, 0.15) is 23.6 Å². The van der Waals surface area contributed by atoms with Gasteiger partial charge in [-0.15, -0.1) is 0 Å². The van der Waals surface area contributed by atoms with Gasteiger partial charge in [-0.2, -0.15) is 0 Å². The number of ether oxygens (including phenoxy) is 1. The highest BCUT2D eigenvalue weighted by atomic mass is 16.6. The summed E-state index contributed by atoms with van der Waals surface area (Å²) in [6, 6.07) is 6.01. The second-order valence-corrected chi connectivity index (χ2v) is 6.71. The number of rotatable bonds is 8. The summed E-state index contributed by atoms with van der Waals surface area (Å²) >= 11 is 0. The van der Waals surface area contributed by atoms with Crippen LogP contribution < -0.4 is 0 Å². The van der Waals surface area contributed by atoms with E-state index >= 15 is 0 Å². The second kappa shape index (κ2) is 12.3. The number of phenolic OH excluding ortho intramolecular Hbond substituents is 4. The summed E-state index contributed by atoms with van der Waals surface area (Å²) in [5.41, 5.74) is 0.266. The van der Waals surface area contributed by atoms with Crippen LogP contribution >= 0.6 is 0 Å². The van der Waals surface area contributed by atoms with Crippen molar-refractivity contribution in [2.45, 2.75) is 25.9 Å². The van der Waals surface area contributed by atoms with E-state index in [1.807, 2.05) is 0 Å². The highest BCUT2D eigenvalue weighted by Crippen LogP contribution is 2.32. The lowest BCUT2D eigenvalue weighted by Gasteiger charge is -2.13. The third kappa shape index (κ3) is 8.78. The van der Waals surface area contributed by atoms with Crippen molar-refractivity contribution in [3.8, 4) is 23.0 Å². The molecular weight excluding hydrogens is 456 g/mol. The summed E-state index contributed by atoms with van der Waals surface area (Å²) in [7, 11) is 0. The van der Waals surface area contributed by atoms with Gasteiger partial charge in [0.25, 0.3) is 5.97 Å². The molecule has 0 saturated heterocycles. The van der Waals surface area contributed by atoms with E-state index in [4.69, 9.17) is 19.7 Å². The zero-order valence-electron chi connectivity index (χ0n) is 17.7. The van der Waals surface area contributed by atoms with Crippen LogP contribution in [-0.4, -0.2) is 65.7 Å². The van der Waals surface area contributed by atoms with Crippen molar-refractivity contribution in [1.29, 1.82) is 0 Å². The number of carbonyl (C=O) groups excluding carboxylic acids is 1. The Morgan fingerprint density at radius 3 is 2.03 bits per heavy atom. The van der Waals surface area contributed by atoms with Crippen LogP contribution in [0.4, 0.5) is 0 Å². The Kier molecular flexibility index (Phi) is 9.90. The van der Waals surface area contributed by atoms with E-state index in [0.29, 0.717) is 5.56 Å². The molecule has 34 heavy (non-hydrogen) atoms. The standard InChI is InChI=1S/C20H18O10.C2H4O2/c21-13-4-1-10(7-15(13)23)8-16(20(28)29)30-18(26)6-3-11-2-5-14(22)19(27)12(11)9-17(24)25;1-2(3)4/h1-7,16,21-23,27H,8-9H2,(H,24,25)(H,28,29);1H3,(H,3,4)/b6-3+;. The van der Waals surface area contributed by atoms with Gasteiger partial charge < -0.3 is 40.5 Å². The fourth-order valence-corrected chi connectivity index (χ4v) is 2.56. The molecule has 1 unspecified atom stereocenters. The summed E-state index contributed by atoms with van der Waals surface area (Å²) in [5, 5.41) is 63.7. The fourth-order valence-electron chi connectivity index (χ4n) is 2.56. The van der Waals surface area contributed by atoms with E-state index in [1.165, 1.54) is 12.1 Å². The SMILES string of the molecule is CC(=O)O.O=C(O)Cc1c(/C=C/C(=O)OC(Cc2ccc(O)c(O)c2)C(=O)O)ccc(O)c1O. The average molecular weight is 478 g/mol. The van der Waals surface area contributed by atoms with Crippen molar-refractivity contribution >= 4 is 30.0 Å². The van der Waals surface area contributed by atoms with E-state index in [1.54, 1.807) is 0 Å². The van der Waals surface area contributed by atoms with Crippen LogP contribution in [0.15, 0.2) is 36.4 Å². The van der Waals surface area contributed by atoms with Gasteiger partial charge in [0.15, 0.2) is 23.0 Å². The van der Waals surface area contributed by atoms with Gasteiger partial charge in [0.05, 0.1) is 6.42 Å². The van der Waals surface area contributed by atoms with Gasteiger partial charge in [-0.1, -0.05) is 12.1 Å². The topological polar surface area (TPSA) is 219 Å². The molecule has 12 nitrogen and oxygen atoms in total. The highest BCUT2D eigenvalue weighted by molar-refractivity contribution is 5.90. The molecule has 7 N–H and O–H groups in total. The number of benzene rings is 2. The van der Waals surface area contributed by atoms with Crippen LogP contribution in [0.25, 0.3) is 6.08 Å². The average Bonchev–Trinajstić information content (AvgIpc) is 2.72. The van der Waals surface area contributed by atoms with Gasteiger partial charge in [-0.05, 0) is 35.4 Å². The Balaban J connectivity index is 0.00000133. The molecule has 0 bridgehead atoms. The van der Waals surface area contributed by atoms with Gasteiger partial charge >= 0.3 is 17.9 Å². The van der Waals surface area contributed by atoms with Gasteiger partial charge in [-0.25, -0.2) is 9.59 Å². The van der Waals surface area contributed by atoms with Gasteiger partial charge in [0, 0.05) is 25.0 Å². The molecule has 12 heteroatoms. The quantitative estimate of drug-likeness (QED) is 0.163. The molecular formula is C22H22O12. The maximum atomic E-state index is 12.0. The van der Waals surface area contributed by atoms with E-state index < -0.39 is 53.7 Å². The summed E-state index contributed by atoms with van der Waals surface area (Å²) in [6.07, 6.45) is -0.547. The fraction of sp³-hybridized carbons (Fsp3) is 0.182. The van der Waals surface area contributed by atoms with Gasteiger partial charge in [0.1, 0.15) is 0 Å². The van der Waals surface area contributed by atoms with Crippen molar-refractivity contribution in [2.24, 2.45) is 0 Å². The number of aliphatic carboxylic acids is 3. The maximum Gasteiger partial charge on any atom is 0.345 e. The zero-order valence-corrected chi connectivity index (χ0v) is 17.7. The number of hydrogen-bond acceptors (Lipinski definition) is 9. The monoisotopic (exact) mass is 478 g/mol. The molecule has 0 aliphatic carbocycles. The maximum absolute atomic E-state index is 12.0. The highest BCUT2D eigenvalue weighted by Gasteiger charge is 2.22. The molecule has 0 aliphatic heterocycles. The largest absolute Gasteiger partial charge is 0.504 e. The molecule has 2 aromatic rings. The van der Waals surface area contributed by atoms with E-state index in [0.717, 1.165) is 37.3 Å². The lowest BCUT2D eigenvalue weighted by molar-refractivity contribution is -0.160. The second-order valence-electron chi connectivity index (χ2n) is 6.71. The van der Waals surface area contributed by atoms with Crippen molar-refractivity contribution < 1.29 is 59.7 Å². The molecule has 182 valence electrons. The first-order chi connectivity index (χ1) is 15.8. The third-order valence-corrected chi connectivity index (χ3v) is 4.02. The third-order valence-electron chi connectivity index (χ3n) is 4.02. The Labute approximate surface area is 192 Å². The lowest BCUT2D eigenvalue weighted by atomic mass is 10.0. The van der Waals surface area contributed by atoms with E-state index in [2.05, 4.69) is 0 Å². The van der Waals surface area contributed by atoms with Crippen LogP contribution in [0, 0.1) is 0 Å². The molecule has 0 saturated carbocycles. The molecule has 0 heterocycles. The molecule has 0 fully saturated rings. The van der Waals surface area contributed by atoms with Gasteiger partial charge in [0.2, 0.25) is 6.10 Å². The Bertz CT molecular complexity index is 1100. The molecule has 1 atom stereocenters. The van der Waals surface area contributed by atoms with Crippen molar-refractivity contribution in [2.75, 3.05) is 0 Å². The molecule has 0 radical (unpaired) electrons. The number of esters is 1. The molecule has 2 aromatic carbocycles. The first kappa shape index (κ1) is 27.3. The number of carbonyl (C=O) groups is 4. The summed E-state index contributed by atoms with van der Waals surface area (Å²) in [5.74, 6) is -6.65. The minimum atomic E-state index is -1.60. The minimum Gasteiger partial charge on any atom is -0.504 e. The Morgan fingerprint density at radius 1 is 0.912 bits per heavy atom. The van der Waals surface area contributed by atoms with Crippen LogP contribution in [0.5, 0.6) is 23.0 Å². The molecule has 0 spiro atoms. The Morgan fingerprint density at radius 2 is 1.50 bits per heavy atom. The Hall–Kier alpha value is -4.74. The summed E-state index contributed by atoms with van der Waals surface area (Å²) in [4.78, 5) is 43.4. The zero-order chi connectivity index (χ0) is 26.0. The number of carboxylic acids is 3. The molecule has 0 aliphatic rings. The van der Waals surface area contributed by atoms with Crippen molar-refractivity contribution in [3.63, 3.8) is 0 Å². The molecule has 0 aromatic heterocycles. The minimum absolute atomic E-state index is 0.111. The normalized spacial score (nSPS) is 11.2. The summed E-state index contributed by atoms with van der Waals surface area (Å²) in [6.45, 7) is 1.08. The predicted molar refractivity (Wildman–Crippen MR) is 114 cm³/mol. The smallest absolute Gasteiger partial charge is 0.345 e. The van der Waals surface area contributed by atoms with E-state index in [9.17, 15) is 39.9 Å². The predicted octanol–water partition coefficient (Wildman–Crippen LogP) is 1.48. The number of phenols is 4. The molecule has 2 rings (SSSR count). The van der Waals surface area contributed by atoms with Crippen LogP contribution in [-0.2, 0) is 36.8 Å². The lowest BCUT2D eigenvalue weighted by Crippen LogP contribution is -2.28. The van der Waals surface area contributed by atoms with Crippen LogP contribution in [0.3, 0.4) is 0 Å². The molecule has 0 amide bonds. The van der Waals surface area contributed by atoms with Crippen molar-refractivity contribution in [1.82, 2.24) is 0 Å². The number of hydrogen-bond donors (Lipinski definition) is 7. The van der Waals surface area contributed by atoms with Gasteiger partial charge in [-0.3, -0.25) is 9.59 Å². The number of carboxylic acid groups (broad SMARTS) is 3. The van der Waals surface area contributed by atoms with Crippen molar-refractivity contribution in [3.05, 3.63) is 53.1 Å². The first-order valence-electron chi connectivity index (χ1n) is 9.39. The van der Waals surface area contributed by atoms with Crippen LogP contribution in [0.2, 0.25) is 0 Å².